The van der Waals surface area contributed by atoms with Crippen molar-refractivity contribution in [2.24, 2.45) is 0 Å². The van der Waals surface area contributed by atoms with Crippen LogP contribution in [-0.2, 0) is 20.7 Å². The van der Waals surface area contributed by atoms with Crippen molar-refractivity contribution in [1.82, 2.24) is 10.3 Å². The molecule has 3 N–H and O–H groups in total. The van der Waals surface area contributed by atoms with E-state index < -0.39 is 17.9 Å². The number of halogens is 1. The Labute approximate surface area is 129 Å². The van der Waals surface area contributed by atoms with E-state index in [1.165, 1.54) is 7.11 Å². The van der Waals surface area contributed by atoms with Crippen molar-refractivity contribution in [3.05, 3.63) is 34.4 Å². The van der Waals surface area contributed by atoms with Crippen LogP contribution in [0.3, 0.4) is 0 Å². The first-order valence-electron chi connectivity index (χ1n) is 6.28. The van der Waals surface area contributed by atoms with E-state index in [9.17, 15) is 14.7 Å². The Bertz CT molecular complexity index is 668. The minimum atomic E-state index is -1.08. The number of benzene rings is 1. The van der Waals surface area contributed by atoms with Crippen LogP contribution in [0.5, 0.6) is 0 Å². The number of fused-ring (bicyclic) bond motifs is 1. The Morgan fingerprint density at radius 2 is 2.24 bits per heavy atom. The number of hydrogen-bond acceptors (Lipinski definition) is 3. The Hall–Kier alpha value is -1.86. The lowest BCUT2D eigenvalue weighted by atomic mass is 10.0. The van der Waals surface area contributed by atoms with E-state index in [0.29, 0.717) is 0 Å². The number of carboxylic acid groups (broad SMARTS) is 1. The van der Waals surface area contributed by atoms with Gasteiger partial charge >= 0.3 is 5.97 Å². The Kier molecular flexibility index (Phi) is 4.98. The van der Waals surface area contributed by atoms with E-state index in [1.54, 1.807) is 6.20 Å². The van der Waals surface area contributed by atoms with Gasteiger partial charge in [0.15, 0.2) is 0 Å². The molecule has 1 aromatic carbocycles. The van der Waals surface area contributed by atoms with Gasteiger partial charge in [-0.15, -0.1) is 0 Å². The third-order valence-electron chi connectivity index (χ3n) is 3.07. The van der Waals surface area contributed by atoms with Crippen LogP contribution in [-0.4, -0.2) is 41.7 Å². The van der Waals surface area contributed by atoms with Gasteiger partial charge in [-0.1, -0.05) is 22.0 Å². The minimum Gasteiger partial charge on any atom is -0.480 e. The first-order valence-corrected chi connectivity index (χ1v) is 7.07. The maximum Gasteiger partial charge on any atom is 0.326 e. The molecular formula is C14H15BrN2O4. The van der Waals surface area contributed by atoms with Crippen molar-refractivity contribution >= 4 is 38.7 Å². The average Bonchev–Trinajstić information content (AvgIpc) is 2.83. The van der Waals surface area contributed by atoms with Gasteiger partial charge in [-0.05, 0) is 17.7 Å². The number of methoxy groups -OCH3 is 1. The number of carboxylic acids is 1. The predicted molar refractivity (Wildman–Crippen MR) is 81.1 cm³/mol. The molecule has 0 fully saturated rings. The number of aromatic nitrogens is 1. The Balaban J connectivity index is 2.23. The fourth-order valence-corrected chi connectivity index (χ4v) is 2.78. The second-order valence-corrected chi connectivity index (χ2v) is 5.43. The number of aromatic amines is 1. The molecule has 21 heavy (non-hydrogen) atoms. The fourth-order valence-electron chi connectivity index (χ4n) is 2.16. The average molecular weight is 355 g/mol. The molecule has 6 nitrogen and oxygen atoms in total. The van der Waals surface area contributed by atoms with Gasteiger partial charge in [0.1, 0.15) is 12.6 Å². The first kappa shape index (κ1) is 15.5. The zero-order valence-electron chi connectivity index (χ0n) is 11.4. The van der Waals surface area contributed by atoms with E-state index in [1.807, 2.05) is 18.2 Å². The molecule has 2 rings (SSSR count). The number of rotatable bonds is 6. The fraction of sp³-hybridized carbons (Fsp3) is 0.286. The molecule has 0 aliphatic heterocycles. The SMILES string of the molecule is COCC(=O)NC(Cc1c[nH]c2cccc(Br)c12)C(=O)O. The van der Waals surface area contributed by atoms with Gasteiger partial charge in [-0.3, -0.25) is 4.79 Å². The normalized spacial score (nSPS) is 12.3. The summed E-state index contributed by atoms with van der Waals surface area (Å²) < 4.78 is 5.57. The molecule has 112 valence electrons. The summed E-state index contributed by atoms with van der Waals surface area (Å²) in [4.78, 5) is 25.9. The van der Waals surface area contributed by atoms with Gasteiger partial charge in [0.25, 0.3) is 0 Å². The summed E-state index contributed by atoms with van der Waals surface area (Å²) in [7, 11) is 1.38. The van der Waals surface area contributed by atoms with E-state index >= 15 is 0 Å². The first-order chi connectivity index (χ1) is 10.0. The Morgan fingerprint density at radius 3 is 2.90 bits per heavy atom. The van der Waals surface area contributed by atoms with Crippen molar-refractivity contribution in [3.8, 4) is 0 Å². The van der Waals surface area contributed by atoms with Crippen LogP contribution >= 0.6 is 15.9 Å². The van der Waals surface area contributed by atoms with E-state index in [-0.39, 0.29) is 13.0 Å². The lowest BCUT2D eigenvalue weighted by molar-refractivity contribution is -0.142. The van der Waals surface area contributed by atoms with E-state index in [4.69, 9.17) is 4.74 Å². The second-order valence-electron chi connectivity index (χ2n) is 4.57. The third-order valence-corrected chi connectivity index (χ3v) is 3.73. The largest absolute Gasteiger partial charge is 0.480 e. The summed E-state index contributed by atoms with van der Waals surface area (Å²) in [5.41, 5.74) is 1.73. The zero-order valence-corrected chi connectivity index (χ0v) is 12.9. The monoisotopic (exact) mass is 354 g/mol. The molecular weight excluding hydrogens is 340 g/mol. The van der Waals surface area contributed by atoms with Crippen LogP contribution in [0.25, 0.3) is 10.9 Å². The summed E-state index contributed by atoms with van der Waals surface area (Å²) in [6, 6.07) is 4.68. The van der Waals surface area contributed by atoms with Crippen LogP contribution in [0.2, 0.25) is 0 Å². The number of nitrogens with one attached hydrogen (secondary N) is 2. The summed E-state index contributed by atoms with van der Waals surface area (Å²) in [5.74, 6) is -1.54. The number of carbonyl (C=O) groups is 2. The molecule has 1 heterocycles. The highest BCUT2D eigenvalue weighted by Gasteiger charge is 2.22. The smallest absolute Gasteiger partial charge is 0.326 e. The molecule has 0 saturated heterocycles. The van der Waals surface area contributed by atoms with Crippen LogP contribution < -0.4 is 5.32 Å². The molecule has 1 amide bonds. The predicted octanol–water partition coefficient (Wildman–Crippen LogP) is 1.69. The number of carbonyl (C=O) groups excluding carboxylic acids is 1. The van der Waals surface area contributed by atoms with Crippen molar-refractivity contribution in [3.63, 3.8) is 0 Å². The number of aliphatic carboxylic acids is 1. The van der Waals surface area contributed by atoms with Gasteiger partial charge in [0, 0.05) is 35.1 Å². The maximum absolute atomic E-state index is 11.5. The maximum atomic E-state index is 11.5. The molecule has 7 heteroatoms. The van der Waals surface area contributed by atoms with Gasteiger partial charge in [0.2, 0.25) is 5.91 Å². The molecule has 1 aromatic heterocycles. The van der Waals surface area contributed by atoms with E-state index in [2.05, 4.69) is 26.2 Å². The van der Waals surface area contributed by atoms with Crippen molar-refractivity contribution < 1.29 is 19.4 Å². The number of amides is 1. The molecule has 0 bridgehead atoms. The van der Waals surface area contributed by atoms with Crippen LogP contribution in [0.4, 0.5) is 0 Å². The molecule has 1 unspecified atom stereocenters. The zero-order chi connectivity index (χ0) is 15.4. The van der Waals surface area contributed by atoms with Gasteiger partial charge in [-0.25, -0.2) is 4.79 Å². The molecule has 0 aliphatic rings. The van der Waals surface area contributed by atoms with Crippen LogP contribution in [0.1, 0.15) is 5.56 Å². The van der Waals surface area contributed by atoms with Crippen molar-refractivity contribution in [2.75, 3.05) is 13.7 Å². The summed E-state index contributed by atoms with van der Waals surface area (Å²) in [5, 5.41) is 12.6. The lowest BCUT2D eigenvalue weighted by Crippen LogP contribution is -2.43. The van der Waals surface area contributed by atoms with E-state index in [0.717, 1.165) is 20.9 Å². The minimum absolute atomic E-state index is 0.165. The van der Waals surface area contributed by atoms with Gasteiger partial charge in [0.05, 0.1) is 0 Å². The Morgan fingerprint density at radius 1 is 1.48 bits per heavy atom. The molecule has 2 aromatic rings. The number of H-pyrrole nitrogens is 1. The third kappa shape index (κ3) is 3.62. The van der Waals surface area contributed by atoms with Gasteiger partial charge in [-0.2, -0.15) is 0 Å². The summed E-state index contributed by atoms with van der Waals surface area (Å²) >= 11 is 3.45. The molecule has 0 aliphatic carbocycles. The highest BCUT2D eigenvalue weighted by Crippen LogP contribution is 2.27. The standard InChI is InChI=1S/C14H15BrN2O4/c1-21-7-12(18)17-11(14(19)20)5-8-6-16-10-4-2-3-9(15)13(8)10/h2-4,6,11,16H,5,7H2,1H3,(H,17,18)(H,19,20). The molecule has 0 spiro atoms. The highest BCUT2D eigenvalue weighted by atomic mass is 79.9. The molecule has 1 atom stereocenters. The quantitative estimate of drug-likeness (QED) is 0.735. The second kappa shape index (κ2) is 6.73. The topological polar surface area (TPSA) is 91.4 Å². The van der Waals surface area contributed by atoms with Crippen LogP contribution in [0.15, 0.2) is 28.9 Å². The van der Waals surface area contributed by atoms with Crippen molar-refractivity contribution in [1.29, 1.82) is 0 Å². The lowest BCUT2D eigenvalue weighted by Gasteiger charge is -2.14. The van der Waals surface area contributed by atoms with Crippen molar-refractivity contribution in [2.45, 2.75) is 12.5 Å². The number of ether oxygens (including phenoxy) is 1. The van der Waals surface area contributed by atoms with Crippen LogP contribution in [0, 0.1) is 0 Å². The highest BCUT2D eigenvalue weighted by molar-refractivity contribution is 9.10. The molecule has 0 saturated carbocycles. The summed E-state index contributed by atoms with van der Waals surface area (Å²) in [6.45, 7) is -0.165. The van der Waals surface area contributed by atoms with Gasteiger partial charge < -0.3 is 20.1 Å². The molecule has 0 radical (unpaired) electrons. The number of hydrogen-bond donors (Lipinski definition) is 3. The summed E-state index contributed by atoms with van der Waals surface area (Å²) in [6.07, 6.45) is 1.95.